The molecule has 0 fully saturated rings. The molecule has 1 heterocycles. The zero-order valence-corrected chi connectivity index (χ0v) is 13.0. The molecule has 112 valence electrons. The summed E-state index contributed by atoms with van der Waals surface area (Å²) in [5, 5.41) is -0.843. The molecule has 1 unspecified atom stereocenters. The second-order valence-electron chi connectivity index (χ2n) is 5.10. The first kappa shape index (κ1) is 14.6. The Morgan fingerprint density at radius 2 is 1.41 bits per heavy atom. The zero-order chi connectivity index (χ0) is 15.6. The molecule has 0 aliphatic heterocycles. The molecule has 2 aromatic carbocycles. The summed E-state index contributed by atoms with van der Waals surface area (Å²) in [4.78, 5) is 0.290. The van der Waals surface area contributed by atoms with E-state index in [-0.39, 0.29) is 4.90 Å². The van der Waals surface area contributed by atoms with Crippen molar-refractivity contribution in [3.05, 3.63) is 89.9 Å². The van der Waals surface area contributed by atoms with Crippen LogP contribution < -0.4 is 0 Å². The smallest absolute Gasteiger partial charge is 0.192 e. The van der Waals surface area contributed by atoms with Crippen LogP contribution in [0.2, 0.25) is 0 Å². The van der Waals surface area contributed by atoms with E-state index in [1.807, 2.05) is 30.3 Å². The topological polar surface area (TPSA) is 47.3 Å². The Bertz CT molecular complexity index is 850. The van der Waals surface area contributed by atoms with E-state index in [0.29, 0.717) is 17.1 Å². The van der Waals surface area contributed by atoms with Gasteiger partial charge in [0.25, 0.3) is 0 Å². The van der Waals surface area contributed by atoms with Gasteiger partial charge in [-0.3, -0.25) is 0 Å². The molecule has 0 spiro atoms. The first-order chi connectivity index (χ1) is 10.6. The van der Waals surface area contributed by atoms with E-state index in [1.54, 1.807) is 49.4 Å². The summed E-state index contributed by atoms with van der Waals surface area (Å²) in [6.07, 6.45) is 0. The van der Waals surface area contributed by atoms with E-state index < -0.39 is 15.1 Å². The van der Waals surface area contributed by atoms with Crippen LogP contribution in [0.3, 0.4) is 0 Å². The molecule has 0 bridgehead atoms. The fourth-order valence-corrected chi connectivity index (χ4v) is 4.22. The fourth-order valence-electron chi connectivity index (χ4n) is 2.46. The van der Waals surface area contributed by atoms with Crippen molar-refractivity contribution in [2.24, 2.45) is 0 Å². The van der Waals surface area contributed by atoms with Gasteiger partial charge in [-0.25, -0.2) is 8.42 Å². The van der Waals surface area contributed by atoms with E-state index in [1.165, 1.54) is 0 Å². The molecule has 4 heteroatoms. The average molecular weight is 312 g/mol. The third-order valence-electron chi connectivity index (χ3n) is 3.50. The van der Waals surface area contributed by atoms with E-state index >= 15 is 0 Å². The van der Waals surface area contributed by atoms with Gasteiger partial charge in [-0.05, 0) is 36.8 Å². The van der Waals surface area contributed by atoms with Gasteiger partial charge < -0.3 is 4.42 Å². The maximum atomic E-state index is 13.1. The molecular weight excluding hydrogens is 296 g/mol. The van der Waals surface area contributed by atoms with E-state index in [4.69, 9.17) is 4.42 Å². The second kappa shape index (κ2) is 5.81. The van der Waals surface area contributed by atoms with Crippen LogP contribution in [-0.2, 0) is 9.84 Å². The Morgan fingerprint density at radius 1 is 0.818 bits per heavy atom. The van der Waals surface area contributed by atoms with Gasteiger partial charge >= 0.3 is 0 Å². The highest BCUT2D eigenvalue weighted by molar-refractivity contribution is 7.91. The summed E-state index contributed by atoms with van der Waals surface area (Å²) in [5.41, 5.74) is 0.695. The summed E-state index contributed by atoms with van der Waals surface area (Å²) in [7, 11) is -3.59. The molecule has 0 aliphatic carbocycles. The lowest BCUT2D eigenvalue weighted by atomic mass is 10.1. The van der Waals surface area contributed by atoms with Crippen molar-refractivity contribution in [1.29, 1.82) is 0 Å². The number of furan rings is 1. The molecular formula is C18H16O3S. The third kappa shape index (κ3) is 2.70. The van der Waals surface area contributed by atoms with Crippen molar-refractivity contribution in [3.8, 4) is 0 Å². The van der Waals surface area contributed by atoms with Crippen molar-refractivity contribution in [3.63, 3.8) is 0 Å². The van der Waals surface area contributed by atoms with Gasteiger partial charge in [-0.1, -0.05) is 48.5 Å². The highest BCUT2D eigenvalue weighted by Crippen LogP contribution is 2.35. The molecule has 0 aliphatic rings. The molecule has 0 saturated carbocycles. The number of hydrogen-bond acceptors (Lipinski definition) is 3. The minimum Gasteiger partial charge on any atom is -0.465 e. The minimum atomic E-state index is -3.59. The lowest BCUT2D eigenvalue weighted by Crippen LogP contribution is -2.14. The quantitative estimate of drug-likeness (QED) is 0.727. The maximum Gasteiger partial charge on any atom is 0.192 e. The molecule has 1 aromatic heterocycles. The fraction of sp³-hybridized carbons (Fsp3) is 0.111. The van der Waals surface area contributed by atoms with Crippen LogP contribution >= 0.6 is 0 Å². The Kier molecular flexibility index (Phi) is 3.86. The van der Waals surface area contributed by atoms with E-state index in [9.17, 15) is 8.42 Å². The van der Waals surface area contributed by atoms with Gasteiger partial charge in [0.05, 0.1) is 4.90 Å². The van der Waals surface area contributed by atoms with Gasteiger partial charge in [0.2, 0.25) is 0 Å². The zero-order valence-electron chi connectivity index (χ0n) is 12.1. The second-order valence-corrected chi connectivity index (χ2v) is 7.13. The molecule has 1 atom stereocenters. The highest BCUT2D eigenvalue weighted by Gasteiger charge is 2.33. The van der Waals surface area contributed by atoms with Crippen LogP contribution in [-0.4, -0.2) is 8.42 Å². The van der Waals surface area contributed by atoms with Gasteiger partial charge in [0.1, 0.15) is 16.8 Å². The lowest BCUT2D eigenvalue weighted by Gasteiger charge is -2.16. The van der Waals surface area contributed by atoms with Crippen molar-refractivity contribution in [2.45, 2.75) is 17.1 Å². The van der Waals surface area contributed by atoms with E-state index in [0.717, 1.165) is 0 Å². The Morgan fingerprint density at radius 3 is 1.95 bits per heavy atom. The van der Waals surface area contributed by atoms with Crippen LogP contribution in [0.1, 0.15) is 22.3 Å². The van der Waals surface area contributed by atoms with Gasteiger partial charge in [0, 0.05) is 0 Å². The SMILES string of the molecule is Cc1ccc(C(c2ccccc2)S(=O)(=O)c2ccccc2)o1. The number of benzene rings is 2. The summed E-state index contributed by atoms with van der Waals surface area (Å²) < 4.78 is 31.8. The van der Waals surface area contributed by atoms with Crippen molar-refractivity contribution in [1.82, 2.24) is 0 Å². The average Bonchev–Trinajstić information content (AvgIpc) is 2.95. The molecule has 22 heavy (non-hydrogen) atoms. The number of sulfone groups is 1. The first-order valence-electron chi connectivity index (χ1n) is 6.99. The lowest BCUT2D eigenvalue weighted by molar-refractivity contribution is 0.481. The largest absolute Gasteiger partial charge is 0.465 e. The molecule has 3 nitrogen and oxygen atoms in total. The molecule has 3 aromatic rings. The number of aryl methyl sites for hydroxylation is 1. The van der Waals surface area contributed by atoms with Crippen LogP contribution in [0.15, 0.2) is 82.1 Å². The van der Waals surface area contributed by atoms with Crippen LogP contribution in [0, 0.1) is 6.92 Å². The Balaban J connectivity index is 2.18. The van der Waals surface area contributed by atoms with Gasteiger partial charge in [-0.2, -0.15) is 0 Å². The summed E-state index contributed by atoms with van der Waals surface area (Å²) in [6, 6.07) is 21.1. The Hall–Kier alpha value is -2.33. The third-order valence-corrected chi connectivity index (χ3v) is 5.56. The molecule has 0 N–H and O–H groups in total. The summed E-state index contributed by atoms with van der Waals surface area (Å²) in [6.45, 7) is 1.81. The first-order valence-corrected chi connectivity index (χ1v) is 8.54. The molecule has 0 radical (unpaired) electrons. The standard InChI is InChI=1S/C18H16O3S/c1-14-12-13-17(21-14)18(15-8-4-2-5-9-15)22(19,20)16-10-6-3-7-11-16/h2-13,18H,1H3. The van der Waals surface area contributed by atoms with Crippen LogP contribution in [0.25, 0.3) is 0 Å². The monoisotopic (exact) mass is 312 g/mol. The van der Waals surface area contributed by atoms with Crippen LogP contribution in [0.4, 0.5) is 0 Å². The van der Waals surface area contributed by atoms with Gasteiger partial charge in [-0.15, -0.1) is 0 Å². The van der Waals surface area contributed by atoms with E-state index in [2.05, 4.69) is 0 Å². The minimum absolute atomic E-state index is 0.290. The van der Waals surface area contributed by atoms with Crippen molar-refractivity contribution >= 4 is 9.84 Å². The number of rotatable bonds is 4. The molecule has 0 saturated heterocycles. The molecule has 0 amide bonds. The van der Waals surface area contributed by atoms with Crippen molar-refractivity contribution in [2.75, 3.05) is 0 Å². The summed E-state index contributed by atoms with van der Waals surface area (Å²) >= 11 is 0. The number of hydrogen-bond donors (Lipinski definition) is 0. The van der Waals surface area contributed by atoms with Crippen LogP contribution in [0.5, 0.6) is 0 Å². The van der Waals surface area contributed by atoms with Crippen molar-refractivity contribution < 1.29 is 12.8 Å². The summed E-state index contributed by atoms with van der Waals surface area (Å²) in [5.74, 6) is 1.13. The normalized spacial score (nSPS) is 13.0. The predicted molar refractivity (Wildman–Crippen MR) is 85.4 cm³/mol. The predicted octanol–water partition coefficient (Wildman–Crippen LogP) is 4.15. The Labute approximate surface area is 130 Å². The maximum absolute atomic E-state index is 13.1. The highest BCUT2D eigenvalue weighted by atomic mass is 32.2. The van der Waals surface area contributed by atoms with Gasteiger partial charge in [0.15, 0.2) is 9.84 Å². The molecule has 3 rings (SSSR count).